The van der Waals surface area contributed by atoms with E-state index in [4.69, 9.17) is 11.6 Å². The molecule has 0 amide bonds. The predicted molar refractivity (Wildman–Crippen MR) is 105 cm³/mol. The largest absolute Gasteiger partial charge is 0.392 e. The van der Waals surface area contributed by atoms with Crippen LogP contribution in [0.3, 0.4) is 0 Å². The van der Waals surface area contributed by atoms with Crippen molar-refractivity contribution < 1.29 is 31.8 Å². The second kappa shape index (κ2) is 9.11. The zero-order valence-electron chi connectivity index (χ0n) is 15.6. The highest BCUT2D eigenvalue weighted by Crippen LogP contribution is 2.28. The zero-order chi connectivity index (χ0) is 22.1. The molecule has 0 spiro atoms. The summed E-state index contributed by atoms with van der Waals surface area (Å²) in [5.41, 5.74) is 0.251. The highest BCUT2D eigenvalue weighted by Gasteiger charge is 2.34. The smallest absolute Gasteiger partial charge is 0.246 e. The molecule has 3 N–H and O–H groups in total. The van der Waals surface area contributed by atoms with E-state index in [0.29, 0.717) is 4.31 Å². The van der Waals surface area contributed by atoms with Crippen molar-refractivity contribution in [2.75, 3.05) is 18.4 Å². The van der Waals surface area contributed by atoms with Gasteiger partial charge in [0.2, 0.25) is 10.0 Å². The van der Waals surface area contributed by atoms with Gasteiger partial charge in [-0.1, -0.05) is 17.7 Å². The van der Waals surface area contributed by atoms with Crippen LogP contribution in [-0.2, 0) is 10.0 Å². The van der Waals surface area contributed by atoms with Crippen LogP contribution in [-0.4, -0.2) is 48.3 Å². The highest BCUT2D eigenvalue weighted by atomic mass is 35.5. The molecule has 1 saturated heterocycles. The molecule has 1 heterocycles. The Morgan fingerprint density at radius 3 is 2.50 bits per heavy atom. The number of halogens is 4. The SMILES string of the molecule is O=S(=O)(c1cc(C(O)Nc2ccc(F)c(Cl)c2)ccc1F)N1CC(O)CCC(F)C1. The van der Waals surface area contributed by atoms with Crippen molar-refractivity contribution in [1.29, 1.82) is 0 Å². The second-order valence-corrected chi connectivity index (χ2v) is 9.33. The molecule has 2 aromatic rings. The van der Waals surface area contributed by atoms with Gasteiger partial charge in [-0.2, -0.15) is 4.31 Å². The maximum Gasteiger partial charge on any atom is 0.246 e. The lowest BCUT2D eigenvalue weighted by Gasteiger charge is -2.23. The number of aliphatic hydroxyl groups excluding tert-OH is 2. The molecule has 6 nitrogen and oxygen atoms in total. The molecule has 2 aromatic carbocycles. The zero-order valence-corrected chi connectivity index (χ0v) is 17.2. The molecule has 0 radical (unpaired) electrons. The van der Waals surface area contributed by atoms with E-state index in [1.54, 1.807) is 0 Å². The third-order valence-electron chi connectivity index (χ3n) is 4.74. The van der Waals surface area contributed by atoms with Gasteiger partial charge in [-0.05, 0) is 43.2 Å². The Morgan fingerprint density at radius 1 is 1.10 bits per heavy atom. The molecule has 1 aliphatic heterocycles. The van der Waals surface area contributed by atoms with Crippen LogP contribution >= 0.6 is 11.6 Å². The van der Waals surface area contributed by atoms with E-state index in [2.05, 4.69) is 5.32 Å². The molecule has 3 unspecified atom stereocenters. The van der Waals surface area contributed by atoms with Gasteiger partial charge < -0.3 is 15.5 Å². The lowest BCUT2D eigenvalue weighted by Crippen LogP contribution is -2.38. The van der Waals surface area contributed by atoms with Crippen molar-refractivity contribution in [3.63, 3.8) is 0 Å². The number of aliphatic hydroxyl groups is 2. The number of anilines is 1. The predicted octanol–water partition coefficient (Wildman–Crippen LogP) is 3.20. The Labute approximate surface area is 176 Å². The highest BCUT2D eigenvalue weighted by molar-refractivity contribution is 7.89. The standard InChI is InChI=1S/C19H20ClF3N2O4S/c20-15-8-13(3-6-16(15)22)24-19(27)11-1-5-17(23)18(7-11)30(28,29)25-9-12(21)2-4-14(26)10-25/h1,3,5-8,12,14,19,24,26-27H,2,4,9-10H2. The molecule has 0 saturated carbocycles. The van der Waals surface area contributed by atoms with Crippen LogP contribution in [0, 0.1) is 11.6 Å². The number of sulfonamides is 1. The molecule has 0 aliphatic carbocycles. The Kier molecular flexibility index (Phi) is 6.93. The number of benzene rings is 2. The van der Waals surface area contributed by atoms with Gasteiger partial charge in [0.25, 0.3) is 0 Å². The summed E-state index contributed by atoms with van der Waals surface area (Å²) in [7, 11) is -4.47. The summed E-state index contributed by atoms with van der Waals surface area (Å²) in [6.45, 7) is -0.862. The van der Waals surface area contributed by atoms with Crippen molar-refractivity contribution >= 4 is 27.3 Å². The van der Waals surface area contributed by atoms with Crippen molar-refractivity contribution in [2.45, 2.75) is 36.2 Å². The van der Waals surface area contributed by atoms with Crippen molar-refractivity contribution in [1.82, 2.24) is 4.31 Å². The Balaban J connectivity index is 1.89. The summed E-state index contributed by atoms with van der Waals surface area (Å²) in [5, 5.41) is 22.6. The third-order valence-corrected chi connectivity index (χ3v) is 6.88. The van der Waals surface area contributed by atoms with Gasteiger partial charge in [0.05, 0.1) is 11.1 Å². The number of nitrogens with zero attached hydrogens (tertiary/aromatic N) is 1. The average Bonchev–Trinajstić information content (AvgIpc) is 2.86. The lowest BCUT2D eigenvalue weighted by molar-refractivity contribution is 0.148. The van der Waals surface area contributed by atoms with E-state index in [0.717, 1.165) is 18.2 Å². The molecular weight excluding hydrogens is 445 g/mol. The van der Waals surface area contributed by atoms with Crippen LogP contribution in [0.4, 0.5) is 18.9 Å². The van der Waals surface area contributed by atoms with E-state index in [1.165, 1.54) is 18.2 Å². The number of β-amino-alcohol motifs (C(OH)–C–C–N with tert-alkyl or cyclic N) is 1. The number of hydrogen-bond acceptors (Lipinski definition) is 5. The number of hydrogen-bond donors (Lipinski definition) is 3. The first-order valence-corrected chi connectivity index (χ1v) is 10.9. The Bertz CT molecular complexity index is 1010. The summed E-state index contributed by atoms with van der Waals surface area (Å²) >= 11 is 5.69. The minimum absolute atomic E-state index is 0.00142. The fraction of sp³-hybridized carbons (Fsp3) is 0.368. The Morgan fingerprint density at radius 2 is 1.80 bits per heavy atom. The number of nitrogens with one attached hydrogen (secondary N) is 1. The third kappa shape index (κ3) is 5.06. The number of alkyl halides is 1. The quantitative estimate of drug-likeness (QED) is 0.591. The van der Waals surface area contributed by atoms with Crippen molar-refractivity contribution in [3.8, 4) is 0 Å². The van der Waals surface area contributed by atoms with Crippen LogP contribution < -0.4 is 5.32 Å². The molecule has 0 bridgehead atoms. The van der Waals surface area contributed by atoms with Gasteiger partial charge in [-0.3, -0.25) is 0 Å². The molecule has 164 valence electrons. The van der Waals surface area contributed by atoms with Gasteiger partial charge >= 0.3 is 0 Å². The molecule has 3 atom stereocenters. The van der Waals surface area contributed by atoms with Crippen LogP contribution in [0.25, 0.3) is 0 Å². The number of rotatable bonds is 5. The fourth-order valence-electron chi connectivity index (χ4n) is 3.14. The maximum absolute atomic E-state index is 14.4. The van der Waals surface area contributed by atoms with Gasteiger partial charge in [-0.15, -0.1) is 0 Å². The Hall–Kier alpha value is -1.85. The van der Waals surface area contributed by atoms with E-state index in [9.17, 15) is 31.8 Å². The summed E-state index contributed by atoms with van der Waals surface area (Å²) in [4.78, 5) is -0.751. The molecule has 1 fully saturated rings. The van der Waals surface area contributed by atoms with Gasteiger partial charge in [0, 0.05) is 24.3 Å². The minimum Gasteiger partial charge on any atom is -0.392 e. The first-order valence-electron chi connectivity index (χ1n) is 9.09. The van der Waals surface area contributed by atoms with Crippen LogP contribution in [0.2, 0.25) is 5.02 Å². The first-order chi connectivity index (χ1) is 14.1. The van der Waals surface area contributed by atoms with Crippen molar-refractivity contribution in [3.05, 3.63) is 58.6 Å². The summed E-state index contributed by atoms with van der Waals surface area (Å²) in [5.74, 6) is -1.73. The first kappa shape index (κ1) is 22.8. The van der Waals surface area contributed by atoms with E-state index in [1.807, 2.05) is 0 Å². The van der Waals surface area contributed by atoms with E-state index < -0.39 is 51.6 Å². The topological polar surface area (TPSA) is 89.9 Å². The van der Waals surface area contributed by atoms with Gasteiger partial charge in [0.15, 0.2) is 6.23 Å². The van der Waals surface area contributed by atoms with E-state index >= 15 is 0 Å². The summed E-state index contributed by atoms with van der Waals surface area (Å²) < 4.78 is 68.1. The molecule has 11 heteroatoms. The molecule has 3 rings (SSSR count). The van der Waals surface area contributed by atoms with Crippen molar-refractivity contribution in [2.24, 2.45) is 0 Å². The summed E-state index contributed by atoms with van der Waals surface area (Å²) in [6, 6.07) is 6.58. The van der Waals surface area contributed by atoms with Gasteiger partial charge in [-0.25, -0.2) is 21.6 Å². The molecule has 0 aromatic heterocycles. The normalized spacial score (nSPS) is 21.8. The monoisotopic (exact) mass is 464 g/mol. The lowest BCUT2D eigenvalue weighted by atomic mass is 10.2. The van der Waals surface area contributed by atoms with Crippen LogP contribution in [0.5, 0.6) is 0 Å². The van der Waals surface area contributed by atoms with Crippen LogP contribution in [0.15, 0.2) is 41.3 Å². The average molecular weight is 465 g/mol. The minimum atomic E-state index is -4.47. The molecule has 1 aliphatic rings. The fourth-order valence-corrected chi connectivity index (χ4v) is 4.92. The molecule has 30 heavy (non-hydrogen) atoms. The maximum atomic E-state index is 14.4. The van der Waals surface area contributed by atoms with Gasteiger partial charge in [0.1, 0.15) is 22.7 Å². The molecular formula is C19H20ClF3N2O4S. The van der Waals surface area contributed by atoms with E-state index in [-0.39, 0.29) is 35.7 Å². The van der Waals surface area contributed by atoms with Crippen LogP contribution in [0.1, 0.15) is 24.6 Å². The summed E-state index contributed by atoms with van der Waals surface area (Å²) in [6.07, 6.45) is -3.93. The second-order valence-electron chi connectivity index (χ2n) is 7.02.